The molecule has 6 heteroatoms. The van der Waals surface area contributed by atoms with Crippen LogP contribution in [0.3, 0.4) is 0 Å². The third kappa shape index (κ3) is 4.19. The lowest BCUT2D eigenvalue weighted by atomic mass is 9.94. The zero-order valence-electron chi connectivity index (χ0n) is 13.7. The van der Waals surface area contributed by atoms with Crippen molar-refractivity contribution in [1.29, 1.82) is 0 Å². The number of alkyl halides is 3. The summed E-state index contributed by atoms with van der Waals surface area (Å²) in [6.45, 7) is 2.92. The SMILES string of the molecule is Fc1ccccc1C(c1cccc(C(F)(F)F)c1)N1CCCNCC1. The van der Waals surface area contributed by atoms with Crippen LogP contribution < -0.4 is 5.32 Å². The smallest absolute Gasteiger partial charge is 0.315 e. The van der Waals surface area contributed by atoms with Crippen molar-refractivity contribution in [3.05, 3.63) is 71.0 Å². The minimum Gasteiger partial charge on any atom is -0.315 e. The van der Waals surface area contributed by atoms with E-state index in [9.17, 15) is 17.6 Å². The third-order valence-corrected chi connectivity index (χ3v) is 4.47. The van der Waals surface area contributed by atoms with Gasteiger partial charge in [0.15, 0.2) is 0 Å². The van der Waals surface area contributed by atoms with Crippen molar-refractivity contribution < 1.29 is 17.6 Å². The van der Waals surface area contributed by atoms with Crippen molar-refractivity contribution in [2.24, 2.45) is 0 Å². The van der Waals surface area contributed by atoms with Crippen molar-refractivity contribution in [3.8, 4) is 0 Å². The van der Waals surface area contributed by atoms with Crippen molar-refractivity contribution in [2.45, 2.75) is 18.6 Å². The van der Waals surface area contributed by atoms with Crippen LogP contribution >= 0.6 is 0 Å². The van der Waals surface area contributed by atoms with Crippen LogP contribution in [0, 0.1) is 5.82 Å². The van der Waals surface area contributed by atoms with Gasteiger partial charge in [-0.2, -0.15) is 13.2 Å². The van der Waals surface area contributed by atoms with E-state index in [1.165, 1.54) is 12.1 Å². The highest BCUT2D eigenvalue weighted by molar-refractivity contribution is 5.36. The average molecular weight is 352 g/mol. The molecule has 0 amide bonds. The quantitative estimate of drug-likeness (QED) is 0.832. The average Bonchev–Trinajstić information content (AvgIpc) is 2.86. The minimum atomic E-state index is -4.42. The van der Waals surface area contributed by atoms with Gasteiger partial charge in [-0.1, -0.05) is 30.3 Å². The summed E-state index contributed by atoms with van der Waals surface area (Å²) in [6, 6.07) is 11.0. The van der Waals surface area contributed by atoms with Crippen LogP contribution in [0.1, 0.15) is 29.2 Å². The Morgan fingerprint density at radius 3 is 2.52 bits per heavy atom. The molecular formula is C19H20F4N2. The number of nitrogens with one attached hydrogen (secondary N) is 1. The Bertz CT molecular complexity index is 707. The topological polar surface area (TPSA) is 15.3 Å². The molecule has 0 bridgehead atoms. The molecule has 1 aliphatic heterocycles. The highest BCUT2D eigenvalue weighted by Crippen LogP contribution is 2.35. The fourth-order valence-corrected chi connectivity index (χ4v) is 3.29. The van der Waals surface area contributed by atoms with E-state index in [1.807, 2.05) is 4.90 Å². The van der Waals surface area contributed by atoms with Gasteiger partial charge in [-0.25, -0.2) is 4.39 Å². The summed E-state index contributed by atoms with van der Waals surface area (Å²) in [6.07, 6.45) is -3.56. The standard InChI is InChI=1S/C19H20F4N2/c20-17-8-2-1-7-16(17)18(25-11-4-9-24-10-12-25)14-5-3-6-15(13-14)19(21,22)23/h1-3,5-8,13,18,24H,4,9-12H2. The predicted octanol–water partition coefficient (Wildman–Crippen LogP) is 4.23. The molecule has 2 aromatic carbocycles. The second kappa shape index (κ2) is 7.54. The molecule has 1 fully saturated rings. The molecule has 1 N–H and O–H groups in total. The molecule has 3 rings (SSSR count). The Hall–Kier alpha value is -1.92. The van der Waals surface area contributed by atoms with E-state index in [0.29, 0.717) is 24.2 Å². The fourth-order valence-electron chi connectivity index (χ4n) is 3.29. The maximum Gasteiger partial charge on any atom is 0.416 e. The Labute approximate surface area is 144 Å². The summed E-state index contributed by atoms with van der Waals surface area (Å²) in [5.41, 5.74) is 0.157. The molecule has 2 aromatic rings. The minimum absolute atomic E-state index is 0.401. The second-order valence-corrected chi connectivity index (χ2v) is 6.19. The summed E-state index contributed by atoms with van der Waals surface area (Å²) in [4.78, 5) is 2.05. The van der Waals surface area contributed by atoms with Crippen molar-refractivity contribution in [2.75, 3.05) is 26.2 Å². The van der Waals surface area contributed by atoms with E-state index in [0.717, 1.165) is 31.6 Å². The lowest BCUT2D eigenvalue weighted by molar-refractivity contribution is -0.137. The Morgan fingerprint density at radius 1 is 0.960 bits per heavy atom. The lowest BCUT2D eigenvalue weighted by Gasteiger charge is -2.32. The first kappa shape index (κ1) is 17.9. The van der Waals surface area contributed by atoms with Gasteiger partial charge < -0.3 is 5.32 Å². The number of benzene rings is 2. The van der Waals surface area contributed by atoms with Crippen LogP contribution in [0.15, 0.2) is 48.5 Å². The fraction of sp³-hybridized carbons (Fsp3) is 0.368. The predicted molar refractivity (Wildman–Crippen MR) is 88.7 cm³/mol. The van der Waals surface area contributed by atoms with Crippen LogP contribution in [0.5, 0.6) is 0 Å². The zero-order chi connectivity index (χ0) is 17.9. The summed E-state index contributed by atoms with van der Waals surface area (Å²) in [7, 11) is 0. The number of rotatable bonds is 3. The van der Waals surface area contributed by atoms with E-state index in [1.54, 1.807) is 24.3 Å². The normalized spacial score (nSPS) is 17.9. The van der Waals surface area contributed by atoms with Crippen LogP contribution in [-0.2, 0) is 6.18 Å². The largest absolute Gasteiger partial charge is 0.416 e. The molecule has 0 radical (unpaired) electrons. The maximum atomic E-state index is 14.5. The molecule has 0 spiro atoms. The molecule has 1 aliphatic rings. The Balaban J connectivity index is 2.06. The molecule has 1 heterocycles. The lowest BCUT2D eigenvalue weighted by Crippen LogP contribution is -2.33. The van der Waals surface area contributed by atoms with Gasteiger partial charge in [-0.3, -0.25) is 4.90 Å². The van der Waals surface area contributed by atoms with Gasteiger partial charge in [-0.05, 0) is 36.7 Å². The molecular weight excluding hydrogens is 332 g/mol. The number of nitrogens with zero attached hydrogens (tertiary/aromatic N) is 1. The van der Waals surface area contributed by atoms with E-state index in [4.69, 9.17) is 0 Å². The molecule has 1 saturated heterocycles. The highest BCUT2D eigenvalue weighted by atomic mass is 19.4. The molecule has 0 aliphatic carbocycles. The summed E-state index contributed by atoms with van der Waals surface area (Å²) in [5, 5.41) is 3.27. The maximum absolute atomic E-state index is 14.5. The molecule has 2 nitrogen and oxygen atoms in total. The van der Waals surface area contributed by atoms with Gasteiger partial charge >= 0.3 is 6.18 Å². The number of hydrogen-bond acceptors (Lipinski definition) is 2. The third-order valence-electron chi connectivity index (χ3n) is 4.47. The number of halogens is 4. The zero-order valence-corrected chi connectivity index (χ0v) is 13.7. The van der Waals surface area contributed by atoms with Gasteiger partial charge in [0, 0.05) is 25.2 Å². The summed E-state index contributed by atoms with van der Waals surface area (Å²) < 4.78 is 53.8. The van der Waals surface area contributed by atoms with Crippen molar-refractivity contribution in [3.63, 3.8) is 0 Å². The van der Waals surface area contributed by atoms with Gasteiger partial charge in [0.25, 0.3) is 0 Å². The molecule has 134 valence electrons. The molecule has 1 unspecified atom stereocenters. The first-order valence-corrected chi connectivity index (χ1v) is 8.33. The van der Waals surface area contributed by atoms with Crippen LogP contribution in [-0.4, -0.2) is 31.1 Å². The van der Waals surface area contributed by atoms with Crippen LogP contribution in [0.25, 0.3) is 0 Å². The first-order chi connectivity index (χ1) is 12.0. The van der Waals surface area contributed by atoms with Crippen molar-refractivity contribution >= 4 is 0 Å². The Morgan fingerprint density at radius 2 is 1.76 bits per heavy atom. The molecule has 1 atom stereocenters. The van der Waals surface area contributed by atoms with Gasteiger partial charge in [-0.15, -0.1) is 0 Å². The first-order valence-electron chi connectivity index (χ1n) is 8.33. The van der Waals surface area contributed by atoms with Crippen LogP contribution in [0.2, 0.25) is 0 Å². The van der Waals surface area contributed by atoms with Crippen LogP contribution in [0.4, 0.5) is 17.6 Å². The second-order valence-electron chi connectivity index (χ2n) is 6.19. The van der Waals surface area contributed by atoms with E-state index in [-0.39, 0.29) is 0 Å². The number of hydrogen-bond donors (Lipinski definition) is 1. The Kier molecular flexibility index (Phi) is 5.39. The summed E-state index contributed by atoms with van der Waals surface area (Å²) in [5.74, 6) is -0.401. The molecule has 25 heavy (non-hydrogen) atoms. The van der Waals surface area contributed by atoms with E-state index in [2.05, 4.69) is 5.32 Å². The van der Waals surface area contributed by atoms with Gasteiger partial charge in [0.05, 0.1) is 11.6 Å². The van der Waals surface area contributed by atoms with Crippen molar-refractivity contribution in [1.82, 2.24) is 10.2 Å². The summed E-state index contributed by atoms with van der Waals surface area (Å²) >= 11 is 0. The monoisotopic (exact) mass is 352 g/mol. The molecule has 0 saturated carbocycles. The van der Waals surface area contributed by atoms with E-state index >= 15 is 0 Å². The van der Waals surface area contributed by atoms with Gasteiger partial charge in [0.1, 0.15) is 5.82 Å². The molecule has 0 aromatic heterocycles. The van der Waals surface area contributed by atoms with E-state index < -0.39 is 23.6 Å². The van der Waals surface area contributed by atoms with Gasteiger partial charge in [0.2, 0.25) is 0 Å². The highest BCUT2D eigenvalue weighted by Gasteiger charge is 2.32.